The minimum atomic E-state index is 0.0366. The van der Waals surface area contributed by atoms with Crippen LogP contribution in [0.15, 0.2) is 41.8 Å². The second-order valence-corrected chi connectivity index (χ2v) is 7.65. The Morgan fingerprint density at radius 2 is 2.13 bits per heavy atom. The highest BCUT2D eigenvalue weighted by molar-refractivity contribution is 7.18. The molecule has 1 N–H and O–H groups in total. The van der Waals surface area contributed by atoms with Crippen LogP contribution in [0.2, 0.25) is 0 Å². The van der Waals surface area contributed by atoms with Crippen molar-refractivity contribution in [1.82, 2.24) is 15.2 Å². The van der Waals surface area contributed by atoms with E-state index in [2.05, 4.69) is 16.4 Å². The molecule has 3 rings (SSSR count). The summed E-state index contributed by atoms with van der Waals surface area (Å²) >= 11 is 3.34. The summed E-state index contributed by atoms with van der Waals surface area (Å²) < 4.78 is 1.19. The van der Waals surface area contributed by atoms with Crippen molar-refractivity contribution in [3.63, 3.8) is 0 Å². The molecule has 2 aromatic heterocycles. The second kappa shape index (κ2) is 7.21. The number of rotatable bonds is 6. The summed E-state index contributed by atoms with van der Waals surface area (Å²) in [5, 5.41) is 6.10. The van der Waals surface area contributed by atoms with E-state index in [0.29, 0.717) is 13.1 Å². The monoisotopic (exact) mass is 345 g/mol. The highest BCUT2D eigenvalue weighted by Crippen LogP contribution is 2.22. The predicted molar refractivity (Wildman–Crippen MR) is 96.8 cm³/mol. The zero-order valence-corrected chi connectivity index (χ0v) is 14.8. The average Bonchev–Trinajstić information content (AvgIpc) is 3.15. The van der Waals surface area contributed by atoms with Gasteiger partial charge >= 0.3 is 0 Å². The molecule has 2 heterocycles. The molecule has 1 unspecified atom stereocenters. The summed E-state index contributed by atoms with van der Waals surface area (Å²) in [6.07, 6.45) is 0. The van der Waals surface area contributed by atoms with E-state index >= 15 is 0 Å². The van der Waals surface area contributed by atoms with Crippen LogP contribution in [0, 0.1) is 0 Å². The SMILES string of the molecule is CC(NC(=O)CN(C)Cc1nc2ccccc2s1)c1cccs1. The quantitative estimate of drug-likeness (QED) is 0.741. The maximum atomic E-state index is 12.2. The molecular weight excluding hydrogens is 326 g/mol. The number of fused-ring (bicyclic) bond motifs is 1. The smallest absolute Gasteiger partial charge is 0.234 e. The van der Waals surface area contributed by atoms with Gasteiger partial charge in [-0.3, -0.25) is 9.69 Å². The van der Waals surface area contributed by atoms with Crippen molar-refractivity contribution in [2.45, 2.75) is 19.5 Å². The lowest BCUT2D eigenvalue weighted by molar-refractivity contribution is -0.122. The lowest BCUT2D eigenvalue weighted by Crippen LogP contribution is -2.36. The van der Waals surface area contributed by atoms with Crippen molar-refractivity contribution < 1.29 is 4.79 Å². The molecule has 1 atom stereocenters. The fraction of sp³-hybridized carbons (Fsp3) is 0.294. The first kappa shape index (κ1) is 16.1. The zero-order chi connectivity index (χ0) is 16.2. The van der Waals surface area contributed by atoms with Crippen LogP contribution in [0.25, 0.3) is 10.2 Å². The van der Waals surface area contributed by atoms with Gasteiger partial charge in [0.25, 0.3) is 0 Å². The van der Waals surface area contributed by atoms with Crippen molar-refractivity contribution in [2.24, 2.45) is 0 Å². The third-order valence-corrected chi connectivity index (χ3v) is 5.58. The Balaban J connectivity index is 1.54. The highest BCUT2D eigenvalue weighted by atomic mass is 32.1. The third kappa shape index (κ3) is 4.16. The Morgan fingerprint density at radius 1 is 1.30 bits per heavy atom. The van der Waals surface area contributed by atoms with Gasteiger partial charge in [-0.25, -0.2) is 4.98 Å². The molecule has 0 saturated heterocycles. The van der Waals surface area contributed by atoms with Gasteiger partial charge < -0.3 is 5.32 Å². The predicted octanol–water partition coefficient (Wildman–Crippen LogP) is 3.67. The van der Waals surface area contributed by atoms with E-state index in [9.17, 15) is 4.79 Å². The Kier molecular flexibility index (Phi) is 5.05. The molecule has 0 spiro atoms. The number of amides is 1. The van der Waals surface area contributed by atoms with E-state index in [4.69, 9.17) is 0 Å². The molecule has 3 aromatic rings. The molecule has 0 saturated carbocycles. The molecule has 0 aliphatic heterocycles. The van der Waals surface area contributed by atoms with Crippen LogP contribution in [0.3, 0.4) is 0 Å². The van der Waals surface area contributed by atoms with Crippen LogP contribution in [-0.4, -0.2) is 29.4 Å². The Morgan fingerprint density at radius 3 is 2.87 bits per heavy atom. The summed E-state index contributed by atoms with van der Waals surface area (Å²) in [4.78, 5) is 19.9. The number of aromatic nitrogens is 1. The lowest BCUT2D eigenvalue weighted by Gasteiger charge is -2.17. The fourth-order valence-corrected chi connectivity index (χ4v) is 4.20. The highest BCUT2D eigenvalue weighted by Gasteiger charge is 2.13. The molecule has 0 aliphatic rings. The third-order valence-electron chi connectivity index (χ3n) is 3.50. The minimum Gasteiger partial charge on any atom is -0.348 e. The number of nitrogens with one attached hydrogen (secondary N) is 1. The Hall–Kier alpha value is -1.76. The number of para-hydroxylation sites is 1. The van der Waals surface area contributed by atoms with Crippen LogP contribution in [0.1, 0.15) is 22.9 Å². The number of carbonyl (C=O) groups is 1. The summed E-state index contributed by atoms with van der Waals surface area (Å²) in [7, 11) is 1.95. The number of carbonyl (C=O) groups excluding carboxylic acids is 1. The summed E-state index contributed by atoms with van der Waals surface area (Å²) in [5.74, 6) is 0.0366. The number of thiophene rings is 1. The van der Waals surface area contributed by atoms with Gasteiger partial charge in [-0.15, -0.1) is 22.7 Å². The van der Waals surface area contributed by atoms with E-state index in [1.54, 1.807) is 22.7 Å². The summed E-state index contributed by atoms with van der Waals surface area (Å²) in [5.41, 5.74) is 1.02. The molecule has 1 amide bonds. The van der Waals surface area contributed by atoms with Crippen molar-refractivity contribution in [3.8, 4) is 0 Å². The maximum Gasteiger partial charge on any atom is 0.234 e. The van der Waals surface area contributed by atoms with Crippen LogP contribution in [0.4, 0.5) is 0 Å². The van der Waals surface area contributed by atoms with E-state index in [1.807, 2.05) is 54.6 Å². The number of thiazole rings is 1. The number of benzene rings is 1. The van der Waals surface area contributed by atoms with E-state index < -0.39 is 0 Å². The largest absolute Gasteiger partial charge is 0.348 e. The van der Waals surface area contributed by atoms with Crippen LogP contribution >= 0.6 is 22.7 Å². The van der Waals surface area contributed by atoms with Crippen LogP contribution in [0.5, 0.6) is 0 Å². The standard InChI is InChI=1S/C17H19N3OS2/c1-12(14-8-5-9-22-14)18-16(21)10-20(2)11-17-19-13-6-3-4-7-15(13)23-17/h3-9,12H,10-11H2,1-2H3,(H,18,21). The van der Waals surface area contributed by atoms with Crippen molar-refractivity contribution in [2.75, 3.05) is 13.6 Å². The molecule has 1 aromatic carbocycles. The molecule has 23 heavy (non-hydrogen) atoms. The molecule has 0 radical (unpaired) electrons. The van der Waals surface area contributed by atoms with Gasteiger partial charge in [0.05, 0.1) is 29.3 Å². The van der Waals surface area contributed by atoms with Crippen LogP contribution < -0.4 is 5.32 Å². The van der Waals surface area contributed by atoms with Crippen LogP contribution in [-0.2, 0) is 11.3 Å². The lowest BCUT2D eigenvalue weighted by atomic mass is 10.3. The zero-order valence-electron chi connectivity index (χ0n) is 13.2. The van der Waals surface area contributed by atoms with Gasteiger partial charge in [-0.2, -0.15) is 0 Å². The van der Waals surface area contributed by atoms with Crippen molar-refractivity contribution >= 4 is 38.8 Å². The number of nitrogens with zero attached hydrogens (tertiary/aromatic N) is 2. The summed E-state index contributed by atoms with van der Waals surface area (Å²) in [6.45, 7) is 3.06. The van der Waals surface area contributed by atoms with Gasteiger partial charge in [-0.1, -0.05) is 18.2 Å². The normalized spacial score (nSPS) is 12.7. The Bertz CT molecular complexity index is 749. The van der Waals surface area contributed by atoms with E-state index in [1.165, 1.54) is 9.58 Å². The van der Waals surface area contributed by atoms with Gasteiger partial charge in [0.2, 0.25) is 5.91 Å². The average molecular weight is 345 g/mol. The molecule has 0 fully saturated rings. The first-order valence-corrected chi connectivity index (χ1v) is 9.17. The Labute approximate surface area is 143 Å². The first-order valence-electron chi connectivity index (χ1n) is 7.47. The number of hydrogen-bond donors (Lipinski definition) is 1. The minimum absolute atomic E-state index is 0.0366. The number of likely N-dealkylation sites (N-methyl/N-ethyl adjacent to an activating group) is 1. The molecule has 120 valence electrons. The van der Waals surface area contributed by atoms with Gasteiger partial charge in [-0.05, 0) is 37.6 Å². The van der Waals surface area contributed by atoms with Gasteiger partial charge in [0.15, 0.2) is 0 Å². The molecule has 4 nitrogen and oxygen atoms in total. The van der Waals surface area contributed by atoms with E-state index in [-0.39, 0.29) is 11.9 Å². The molecular formula is C17H19N3OS2. The molecule has 0 aliphatic carbocycles. The van der Waals surface area contributed by atoms with Gasteiger partial charge in [0.1, 0.15) is 5.01 Å². The van der Waals surface area contributed by atoms with Gasteiger partial charge in [0, 0.05) is 4.88 Å². The van der Waals surface area contributed by atoms with E-state index in [0.717, 1.165) is 10.5 Å². The second-order valence-electron chi connectivity index (χ2n) is 5.55. The fourth-order valence-electron chi connectivity index (χ4n) is 2.42. The first-order chi connectivity index (χ1) is 11.1. The number of hydrogen-bond acceptors (Lipinski definition) is 5. The topological polar surface area (TPSA) is 45.2 Å². The maximum absolute atomic E-state index is 12.2. The summed E-state index contributed by atoms with van der Waals surface area (Å²) in [6, 6.07) is 12.2. The van der Waals surface area contributed by atoms with Crippen molar-refractivity contribution in [1.29, 1.82) is 0 Å². The van der Waals surface area contributed by atoms with Crippen molar-refractivity contribution in [3.05, 3.63) is 51.7 Å². The molecule has 6 heteroatoms. The molecule has 0 bridgehead atoms.